The fourth-order valence-electron chi connectivity index (χ4n) is 2.98. The highest BCUT2D eigenvalue weighted by Gasteiger charge is 2.34. The first-order valence-electron chi connectivity index (χ1n) is 8.48. The van der Waals surface area contributed by atoms with Crippen LogP contribution in [0.15, 0.2) is 24.4 Å². The highest BCUT2D eigenvalue weighted by Crippen LogP contribution is 2.26. The molecule has 1 aromatic carbocycles. The van der Waals surface area contributed by atoms with Crippen LogP contribution in [0.5, 0.6) is 0 Å². The number of rotatable bonds is 8. The molecule has 130 valence electrons. The van der Waals surface area contributed by atoms with Crippen molar-refractivity contribution in [3.05, 3.63) is 35.5 Å². The third-order valence-electron chi connectivity index (χ3n) is 4.98. The second kappa shape index (κ2) is 7.51. The zero-order chi connectivity index (χ0) is 17.7. The highest BCUT2D eigenvalue weighted by atomic mass is 16.4. The zero-order valence-corrected chi connectivity index (χ0v) is 14.6. The van der Waals surface area contributed by atoms with Crippen LogP contribution in [-0.2, 0) is 16.0 Å². The number of amides is 1. The molecule has 0 aliphatic rings. The molecule has 0 aliphatic heterocycles. The number of aromatic nitrogens is 1. The second-order valence-corrected chi connectivity index (χ2v) is 6.43. The average Bonchev–Trinajstić information content (AvgIpc) is 2.96. The molecule has 5 heteroatoms. The van der Waals surface area contributed by atoms with Gasteiger partial charge in [-0.3, -0.25) is 9.59 Å². The predicted molar refractivity (Wildman–Crippen MR) is 95.0 cm³/mol. The molecule has 0 saturated heterocycles. The van der Waals surface area contributed by atoms with Gasteiger partial charge < -0.3 is 15.4 Å². The van der Waals surface area contributed by atoms with E-state index in [1.54, 1.807) is 0 Å². The molecular weight excluding hydrogens is 304 g/mol. The lowest BCUT2D eigenvalue weighted by atomic mass is 9.82. The Morgan fingerprint density at radius 2 is 1.96 bits per heavy atom. The molecule has 0 radical (unpaired) electrons. The van der Waals surface area contributed by atoms with Crippen LogP contribution < -0.4 is 5.32 Å². The van der Waals surface area contributed by atoms with E-state index >= 15 is 0 Å². The van der Waals surface area contributed by atoms with Gasteiger partial charge in [0.15, 0.2) is 0 Å². The minimum Gasteiger partial charge on any atom is -0.481 e. The van der Waals surface area contributed by atoms with Crippen LogP contribution in [0.25, 0.3) is 10.9 Å². The average molecular weight is 330 g/mol. The maximum atomic E-state index is 12.1. The number of fused-ring (bicyclic) bond motifs is 1. The van der Waals surface area contributed by atoms with Gasteiger partial charge in [0, 0.05) is 30.1 Å². The molecule has 0 spiro atoms. The maximum Gasteiger partial charge on any atom is 0.311 e. The Morgan fingerprint density at radius 3 is 2.58 bits per heavy atom. The van der Waals surface area contributed by atoms with Crippen molar-refractivity contribution in [1.29, 1.82) is 0 Å². The van der Waals surface area contributed by atoms with E-state index < -0.39 is 11.4 Å². The van der Waals surface area contributed by atoms with Crippen LogP contribution in [-0.4, -0.2) is 28.5 Å². The zero-order valence-electron chi connectivity index (χ0n) is 14.6. The first-order chi connectivity index (χ1) is 11.4. The molecule has 5 nitrogen and oxygen atoms in total. The summed E-state index contributed by atoms with van der Waals surface area (Å²) in [5, 5.41) is 13.3. The lowest BCUT2D eigenvalue weighted by molar-refractivity contribution is -0.149. The van der Waals surface area contributed by atoms with E-state index in [-0.39, 0.29) is 12.5 Å². The Bertz CT molecular complexity index is 729. The molecule has 1 amide bonds. The number of aliphatic carboxylic acids is 1. The van der Waals surface area contributed by atoms with E-state index in [1.165, 1.54) is 5.56 Å². The van der Waals surface area contributed by atoms with Crippen LogP contribution in [0, 0.1) is 12.3 Å². The number of hydrogen-bond donors (Lipinski definition) is 3. The largest absolute Gasteiger partial charge is 0.481 e. The maximum absolute atomic E-state index is 12.1. The van der Waals surface area contributed by atoms with E-state index in [0.717, 1.165) is 16.5 Å². The van der Waals surface area contributed by atoms with E-state index in [9.17, 15) is 14.7 Å². The lowest BCUT2D eigenvalue weighted by Gasteiger charge is -2.26. The number of H-pyrrole nitrogens is 1. The van der Waals surface area contributed by atoms with Crippen LogP contribution in [0.4, 0.5) is 0 Å². The number of aryl methyl sites for hydroxylation is 2. The summed E-state index contributed by atoms with van der Waals surface area (Å²) in [7, 11) is 0. The van der Waals surface area contributed by atoms with Gasteiger partial charge in [0.1, 0.15) is 0 Å². The molecule has 0 bridgehead atoms. The second-order valence-electron chi connectivity index (χ2n) is 6.43. The molecule has 0 saturated carbocycles. The van der Waals surface area contributed by atoms with Gasteiger partial charge in [-0.05, 0) is 43.9 Å². The molecule has 0 unspecified atom stereocenters. The fourth-order valence-corrected chi connectivity index (χ4v) is 2.98. The number of carbonyl (C=O) groups is 2. The topological polar surface area (TPSA) is 82.2 Å². The Kier molecular flexibility index (Phi) is 5.65. The summed E-state index contributed by atoms with van der Waals surface area (Å²) >= 11 is 0. The highest BCUT2D eigenvalue weighted by molar-refractivity contribution is 5.85. The molecule has 0 aliphatic carbocycles. The number of aromatic amines is 1. The van der Waals surface area contributed by atoms with Crippen LogP contribution in [0.1, 0.15) is 44.2 Å². The SMILES string of the molecule is CCC(CC)(CNC(=O)CCc1c[nH]c2ccc(C)cc12)C(=O)O. The summed E-state index contributed by atoms with van der Waals surface area (Å²) in [5.41, 5.74) is 2.50. The Morgan fingerprint density at radius 1 is 1.25 bits per heavy atom. The van der Waals surface area contributed by atoms with Gasteiger partial charge in [0.2, 0.25) is 5.91 Å². The number of carboxylic acid groups (broad SMARTS) is 1. The Balaban J connectivity index is 1.95. The molecule has 1 aromatic heterocycles. The van der Waals surface area contributed by atoms with Crippen molar-refractivity contribution in [1.82, 2.24) is 10.3 Å². The summed E-state index contributed by atoms with van der Waals surface area (Å²) in [5.74, 6) is -0.954. The summed E-state index contributed by atoms with van der Waals surface area (Å²) < 4.78 is 0. The standard InChI is InChI=1S/C19H26N2O3/c1-4-19(5-2,18(23)24)12-21-17(22)9-7-14-11-20-16-8-6-13(3)10-15(14)16/h6,8,10-11,20H,4-5,7,9,12H2,1-3H3,(H,21,22)(H,23,24). The van der Waals surface area contributed by atoms with E-state index in [4.69, 9.17) is 0 Å². The van der Waals surface area contributed by atoms with E-state index in [1.807, 2.05) is 33.0 Å². The fraction of sp³-hybridized carbons (Fsp3) is 0.474. The molecule has 24 heavy (non-hydrogen) atoms. The van der Waals surface area contributed by atoms with Crippen molar-refractivity contribution in [2.75, 3.05) is 6.54 Å². The molecule has 2 rings (SSSR count). The first kappa shape index (κ1) is 18.0. The number of nitrogens with one attached hydrogen (secondary N) is 2. The van der Waals surface area contributed by atoms with E-state index in [2.05, 4.69) is 22.4 Å². The van der Waals surface area contributed by atoms with Gasteiger partial charge in [-0.15, -0.1) is 0 Å². The first-order valence-corrected chi connectivity index (χ1v) is 8.48. The number of carboxylic acids is 1. The molecule has 1 heterocycles. The summed E-state index contributed by atoms with van der Waals surface area (Å²) in [6.45, 7) is 5.92. The van der Waals surface area contributed by atoms with Crippen LogP contribution in [0.3, 0.4) is 0 Å². The van der Waals surface area contributed by atoms with Gasteiger partial charge in [-0.2, -0.15) is 0 Å². The third-order valence-corrected chi connectivity index (χ3v) is 4.98. The number of hydrogen-bond acceptors (Lipinski definition) is 2. The lowest BCUT2D eigenvalue weighted by Crippen LogP contribution is -2.42. The normalized spacial score (nSPS) is 11.6. The molecule has 0 fully saturated rings. The predicted octanol–water partition coefficient (Wildman–Crippen LogP) is 3.42. The number of benzene rings is 1. The van der Waals surface area contributed by atoms with E-state index in [0.29, 0.717) is 25.7 Å². The summed E-state index contributed by atoms with van der Waals surface area (Å²) in [4.78, 5) is 26.8. The third kappa shape index (κ3) is 3.78. The Labute approximate surface area is 142 Å². The smallest absolute Gasteiger partial charge is 0.311 e. The van der Waals surface area contributed by atoms with Crippen molar-refractivity contribution in [3.63, 3.8) is 0 Å². The van der Waals surface area contributed by atoms with Crippen molar-refractivity contribution in [2.24, 2.45) is 5.41 Å². The minimum absolute atomic E-state index is 0.107. The monoisotopic (exact) mass is 330 g/mol. The van der Waals surface area contributed by atoms with Gasteiger partial charge in [-0.1, -0.05) is 25.5 Å². The van der Waals surface area contributed by atoms with Gasteiger partial charge in [0.05, 0.1) is 5.41 Å². The van der Waals surface area contributed by atoms with Crippen molar-refractivity contribution in [2.45, 2.75) is 46.5 Å². The molecule has 2 aromatic rings. The van der Waals surface area contributed by atoms with Crippen molar-refractivity contribution < 1.29 is 14.7 Å². The van der Waals surface area contributed by atoms with Crippen LogP contribution >= 0.6 is 0 Å². The van der Waals surface area contributed by atoms with Crippen LogP contribution in [0.2, 0.25) is 0 Å². The van der Waals surface area contributed by atoms with Crippen molar-refractivity contribution in [3.8, 4) is 0 Å². The Hall–Kier alpha value is -2.30. The summed E-state index contributed by atoms with van der Waals surface area (Å²) in [6.07, 6.45) is 3.93. The van der Waals surface area contributed by atoms with Gasteiger partial charge in [-0.25, -0.2) is 0 Å². The van der Waals surface area contributed by atoms with Gasteiger partial charge in [0.25, 0.3) is 0 Å². The molecule has 0 atom stereocenters. The quantitative estimate of drug-likeness (QED) is 0.693. The summed E-state index contributed by atoms with van der Waals surface area (Å²) in [6, 6.07) is 6.21. The van der Waals surface area contributed by atoms with Crippen molar-refractivity contribution >= 4 is 22.8 Å². The molecule has 3 N–H and O–H groups in total. The molecular formula is C19H26N2O3. The number of carbonyl (C=O) groups excluding carboxylic acids is 1. The minimum atomic E-state index is -0.868. The van der Waals surface area contributed by atoms with Gasteiger partial charge >= 0.3 is 5.97 Å².